The van der Waals surface area contributed by atoms with E-state index in [0.29, 0.717) is 11.5 Å². The number of esters is 1. The number of halogens is 1. The number of rotatable bonds is 5. The van der Waals surface area contributed by atoms with E-state index in [0.717, 1.165) is 32.5 Å². The SMILES string of the molecule is O=C(OC1CN2CCC1CC2)C(O)(C/C=C/I)c1ccccc1. The van der Waals surface area contributed by atoms with Crippen LogP contribution in [0.4, 0.5) is 0 Å². The molecule has 5 heteroatoms. The lowest BCUT2D eigenvalue weighted by Crippen LogP contribution is -2.53. The number of aliphatic hydroxyl groups is 1. The molecule has 1 N–H and O–H groups in total. The van der Waals surface area contributed by atoms with E-state index in [1.165, 1.54) is 0 Å². The summed E-state index contributed by atoms with van der Waals surface area (Å²) >= 11 is 2.09. The number of hydrogen-bond acceptors (Lipinski definition) is 4. The number of fused-ring (bicyclic) bond motifs is 3. The maximum absolute atomic E-state index is 12.8. The third-order valence-corrected chi connectivity index (χ3v) is 5.45. The van der Waals surface area contributed by atoms with Crippen molar-refractivity contribution in [2.45, 2.75) is 31.0 Å². The molecule has 3 heterocycles. The quantitative estimate of drug-likeness (QED) is 0.580. The first-order valence-corrected chi connectivity index (χ1v) is 9.34. The average Bonchev–Trinajstić information content (AvgIpc) is 2.61. The predicted octanol–water partition coefficient (Wildman–Crippen LogP) is 2.85. The Morgan fingerprint density at radius 1 is 1.35 bits per heavy atom. The molecule has 0 saturated carbocycles. The number of benzene rings is 1. The molecule has 0 aliphatic carbocycles. The Kier molecular flexibility index (Phi) is 5.38. The van der Waals surface area contributed by atoms with Crippen molar-refractivity contribution in [1.82, 2.24) is 4.90 Å². The van der Waals surface area contributed by atoms with Gasteiger partial charge in [-0.25, -0.2) is 4.79 Å². The molecule has 2 atom stereocenters. The number of piperidine rings is 3. The van der Waals surface area contributed by atoms with E-state index in [1.807, 2.05) is 22.3 Å². The van der Waals surface area contributed by atoms with E-state index in [9.17, 15) is 9.90 Å². The van der Waals surface area contributed by atoms with Crippen molar-refractivity contribution in [1.29, 1.82) is 0 Å². The molecule has 0 amide bonds. The Morgan fingerprint density at radius 2 is 2.04 bits per heavy atom. The van der Waals surface area contributed by atoms with Gasteiger partial charge < -0.3 is 9.84 Å². The van der Waals surface area contributed by atoms with Crippen LogP contribution in [-0.4, -0.2) is 41.7 Å². The van der Waals surface area contributed by atoms with Gasteiger partial charge in [0.15, 0.2) is 5.60 Å². The number of ether oxygens (including phenoxy) is 1. The Balaban J connectivity index is 1.78. The summed E-state index contributed by atoms with van der Waals surface area (Å²) in [5.41, 5.74) is -1.03. The maximum Gasteiger partial charge on any atom is 0.343 e. The zero-order chi connectivity index (χ0) is 16.3. The Bertz CT molecular complexity index is 569. The first-order valence-electron chi connectivity index (χ1n) is 8.10. The lowest BCUT2D eigenvalue weighted by atomic mass is 9.85. The molecule has 4 nitrogen and oxygen atoms in total. The fourth-order valence-electron chi connectivity index (χ4n) is 3.53. The van der Waals surface area contributed by atoms with Crippen LogP contribution < -0.4 is 0 Å². The second-order valence-corrected chi connectivity index (χ2v) is 7.09. The monoisotopic (exact) mass is 427 g/mol. The standard InChI is InChI=1S/C18H22INO3/c19-10-4-9-18(22,15-5-2-1-3-6-15)17(21)23-16-13-20-11-7-14(16)8-12-20/h1-6,10,14,16,22H,7-9,11-13H2/b10-4+. The largest absolute Gasteiger partial charge is 0.458 e. The van der Waals surface area contributed by atoms with Crippen molar-refractivity contribution in [3.8, 4) is 0 Å². The predicted molar refractivity (Wildman–Crippen MR) is 97.2 cm³/mol. The smallest absolute Gasteiger partial charge is 0.343 e. The van der Waals surface area contributed by atoms with Gasteiger partial charge in [0.2, 0.25) is 0 Å². The molecule has 2 unspecified atom stereocenters. The van der Waals surface area contributed by atoms with Crippen LogP contribution in [-0.2, 0) is 15.1 Å². The summed E-state index contributed by atoms with van der Waals surface area (Å²) < 4.78 is 7.59. The summed E-state index contributed by atoms with van der Waals surface area (Å²) in [4.78, 5) is 15.1. The van der Waals surface area contributed by atoms with Gasteiger partial charge in [0, 0.05) is 13.0 Å². The average molecular weight is 427 g/mol. The second-order valence-electron chi connectivity index (χ2n) is 6.37. The number of carbonyl (C=O) groups excluding carboxylic acids is 1. The molecule has 0 aromatic heterocycles. The Labute approximate surface area is 150 Å². The molecule has 0 radical (unpaired) electrons. The van der Waals surface area contributed by atoms with Crippen molar-refractivity contribution >= 4 is 28.6 Å². The molecule has 3 saturated heterocycles. The highest BCUT2D eigenvalue weighted by molar-refractivity contribution is 14.1. The number of nitrogens with zero attached hydrogens (tertiary/aromatic N) is 1. The molecule has 124 valence electrons. The summed E-state index contributed by atoms with van der Waals surface area (Å²) in [6.45, 7) is 2.99. The molecule has 0 spiro atoms. The van der Waals surface area contributed by atoms with Crippen molar-refractivity contribution in [2.75, 3.05) is 19.6 Å². The molecule has 3 aliphatic rings. The van der Waals surface area contributed by atoms with Gasteiger partial charge in [0.05, 0.1) is 0 Å². The van der Waals surface area contributed by atoms with Crippen LogP contribution in [0.3, 0.4) is 0 Å². The summed E-state index contributed by atoms with van der Waals surface area (Å²) in [5, 5.41) is 11.0. The van der Waals surface area contributed by atoms with Crippen LogP contribution in [0, 0.1) is 5.92 Å². The first kappa shape index (κ1) is 16.9. The minimum absolute atomic E-state index is 0.0937. The zero-order valence-electron chi connectivity index (χ0n) is 13.0. The molecule has 3 aliphatic heterocycles. The van der Waals surface area contributed by atoms with E-state index in [2.05, 4.69) is 27.5 Å². The van der Waals surface area contributed by atoms with E-state index in [1.54, 1.807) is 18.2 Å². The van der Waals surface area contributed by atoms with Crippen LogP contribution in [0.15, 0.2) is 40.5 Å². The normalized spacial score (nSPS) is 29.4. The molecular weight excluding hydrogens is 405 g/mol. The molecule has 23 heavy (non-hydrogen) atoms. The van der Waals surface area contributed by atoms with E-state index in [-0.39, 0.29) is 12.5 Å². The van der Waals surface area contributed by atoms with Gasteiger partial charge in [-0.15, -0.1) is 0 Å². The minimum atomic E-state index is -1.62. The molecule has 1 aromatic carbocycles. The van der Waals surface area contributed by atoms with Crippen LogP contribution in [0.25, 0.3) is 0 Å². The van der Waals surface area contributed by atoms with Crippen molar-refractivity contribution in [2.24, 2.45) is 5.92 Å². The fourth-order valence-corrected chi connectivity index (χ4v) is 3.78. The van der Waals surface area contributed by atoms with Gasteiger partial charge in [-0.2, -0.15) is 0 Å². The maximum atomic E-state index is 12.8. The van der Waals surface area contributed by atoms with Gasteiger partial charge in [-0.1, -0.05) is 59.0 Å². The molecule has 4 rings (SSSR count). The van der Waals surface area contributed by atoms with Crippen LogP contribution >= 0.6 is 22.6 Å². The van der Waals surface area contributed by atoms with Gasteiger partial charge in [-0.05, 0) is 41.5 Å². The molecular formula is C18H22INO3. The van der Waals surface area contributed by atoms with Gasteiger partial charge in [0.1, 0.15) is 6.10 Å². The molecule has 1 aromatic rings. The molecule has 3 fully saturated rings. The van der Waals surface area contributed by atoms with Crippen LogP contribution in [0.5, 0.6) is 0 Å². The van der Waals surface area contributed by atoms with Gasteiger partial charge in [-0.3, -0.25) is 4.90 Å². The Morgan fingerprint density at radius 3 is 2.61 bits per heavy atom. The summed E-state index contributed by atoms with van der Waals surface area (Å²) in [6, 6.07) is 9.08. The number of carbonyl (C=O) groups is 1. The summed E-state index contributed by atoms with van der Waals surface area (Å²) in [7, 11) is 0. The lowest BCUT2D eigenvalue weighted by molar-refractivity contribution is -0.181. The van der Waals surface area contributed by atoms with Crippen molar-refractivity contribution in [3.05, 3.63) is 46.1 Å². The van der Waals surface area contributed by atoms with Crippen LogP contribution in [0.2, 0.25) is 0 Å². The summed E-state index contributed by atoms with van der Waals surface area (Å²) in [6.07, 6.45) is 4.08. The lowest BCUT2D eigenvalue weighted by Gasteiger charge is -2.44. The zero-order valence-corrected chi connectivity index (χ0v) is 15.2. The van der Waals surface area contributed by atoms with E-state index >= 15 is 0 Å². The van der Waals surface area contributed by atoms with Crippen molar-refractivity contribution < 1.29 is 14.6 Å². The highest BCUT2D eigenvalue weighted by Crippen LogP contribution is 2.33. The third-order valence-electron chi connectivity index (χ3n) is 4.95. The topological polar surface area (TPSA) is 49.8 Å². The van der Waals surface area contributed by atoms with E-state index in [4.69, 9.17) is 4.74 Å². The van der Waals surface area contributed by atoms with Crippen LogP contribution in [0.1, 0.15) is 24.8 Å². The highest BCUT2D eigenvalue weighted by atomic mass is 127. The highest BCUT2D eigenvalue weighted by Gasteiger charge is 2.43. The fraction of sp³-hybridized carbons (Fsp3) is 0.500. The molecule has 2 bridgehead atoms. The number of hydrogen-bond donors (Lipinski definition) is 1. The first-order chi connectivity index (χ1) is 11.1. The Hall–Kier alpha value is -0.920. The van der Waals surface area contributed by atoms with E-state index < -0.39 is 11.6 Å². The summed E-state index contributed by atoms with van der Waals surface area (Å²) in [5.74, 6) is -0.0963. The van der Waals surface area contributed by atoms with Gasteiger partial charge in [0.25, 0.3) is 0 Å². The minimum Gasteiger partial charge on any atom is -0.458 e. The second kappa shape index (κ2) is 7.32. The van der Waals surface area contributed by atoms with Crippen molar-refractivity contribution in [3.63, 3.8) is 0 Å². The third kappa shape index (κ3) is 3.61. The van der Waals surface area contributed by atoms with Gasteiger partial charge >= 0.3 is 5.97 Å².